The molecule has 1 aromatic heterocycles. The van der Waals surface area contributed by atoms with Gasteiger partial charge in [0.15, 0.2) is 0 Å². The van der Waals surface area contributed by atoms with E-state index in [0.29, 0.717) is 11.0 Å². The molecule has 0 aliphatic heterocycles. The molecule has 7 nitrogen and oxygen atoms in total. The van der Waals surface area contributed by atoms with Crippen LogP contribution in [-0.2, 0) is 19.1 Å². The first kappa shape index (κ1) is 16.7. The third-order valence-electron chi connectivity index (χ3n) is 3.20. The van der Waals surface area contributed by atoms with Crippen LogP contribution in [0.2, 0.25) is 0 Å². The molecule has 0 radical (unpaired) electrons. The van der Waals surface area contributed by atoms with Gasteiger partial charge in [-0.25, -0.2) is 4.98 Å². The van der Waals surface area contributed by atoms with E-state index in [2.05, 4.69) is 9.97 Å². The number of para-hydroxylation sites is 2. The number of hydrogen-bond acceptors (Lipinski definition) is 6. The summed E-state index contributed by atoms with van der Waals surface area (Å²) in [5.74, 6) is -2.35. The van der Waals surface area contributed by atoms with Crippen molar-refractivity contribution in [2.24, 2.45) is 0 Å². The van der Waals surface area contributed by atoms with E-state index < -0.39 is 23.4 Å². The molecule has 0 spiro atoms. The number of benzene rings is 1. The fourth-order valence-corrected chi connectivity index (χ4v) is 2.20. The van der Waals surface area contributed by atoms with Gasteiger partial charge < -0.3 is 14.5 Å². The van der Waals surface area contributed by atoms with Crippen LogP contribution in [0.25, 0.3) is 11.0 Å². The number of aromatic nitrogens is 2. The van der Waals surface area contributed by atoms with Gasteiger partial charge in [0.05, 0.1) is 30.7 Å². The molecule has 0 aliphatic carbocycles. The van der Waals surface area contributed by atoms with Crippen LogP contribution in [-0.4, -0.2) is 35.1 Å². The minimum absolute atomic E-state index is 0.0461. The first-order valence-electron chi connectivity index (χ1n) is 7.38. The van der Waals surface area contributed by atoms with Crippen molar-refractivity contribution >= 4 is 23.0 Å². The van der Waals surface area contributed by atoms with Crippen LogP contribution >= 0.6 is 0 Å². The Morgan fingerprint density at radius 2 is 1.87 bits per heavy atom. The summed E-state index contributed by atoms with van der Waals surface area (Å²) in [7, 11) is 0. The number of carbonyl (C=O) groups is 2. The molecule has 1 N–H and O–H groups in total. The van der Waals surface area contributed by atoms with Crippen LogP contribution in [0.4, 0.5) is 0 Å². The Bertz CT molecular complexity index is 768. The fourth-order valence-electron chi connectivity index (χ4n) is 2.20. The van der Waals surface area contributed by atoms with Gasteiger partial charge in [-0.15, -0.1) is 0 Å². The SMILES string of the molecule is CCOC(=O)C[C@@H](C(=O)OCC)c1nc2ccccc2[nH]c1=O. The van der Waals surface area contributed by atoms with Crippen LogP contribution in [0.1, 0.15) is 31.9 Å². The average molecular weight is 318 g/mol. The van der Waals surface area contributed by atoms with Crippen LogP contribution in [0.5, 0.6) is 0 Å². The highest BCUT2D eigenvalue weighted by Gasteiger charge is 2.30. The Morgan fingerprint density at radius 1 is 1.17 bits per heavy atom. The van der Waals surface area contributed by atoms with Crippen LogP contribution in [0.3, 0.4) is 0 Å². The van der Waals surface area contributed by atoms with E-state index in [1.807, 2.05) is 0 Å². The molecule has 1 aromatic carbocycles. The lowest BCUT2D eigenvalue weighted by molar-refractivity contribution is -0.151. The van der Waals surface area contributed by atoms with Gasteiger partial charge in [-0.2, -0.15) is 0 Å². The summed E-state index contributed by atoms with van der Waals surface area (Å²) in [6.45, 7) is 3.65. The molecule has 1 atom stereocenters. The van der Waals surface area contributed by atoms with E-state index in [0.717, 1.165) is 0 Å². The fraction of sp³-hybridized carbons (Fsp3) is 0.375. The van der Waals surface area contributed by atoms with E-state index in [1.165, 1.54) is 0 Å². The first-order valence-corrected chi connectivity index (χ1v) is 7.38. The highest BCUT2D eigenvalue weighted by Crippen LogP contribution is 2.19. The predicted octanol–water partition coefficient (Wildman–Crippen LogP) is 1.52. The van der Waals surface area contributed by atoms with Crippen molar-refractivity contribution in [1.82, 2.24) is 9.97 Å². The Hall–Kier alpha value is -2.70. The maximum absolute atomic E-state index is 12.2. The molecule has 2 rings (SSSR count). The van der Waals surface area contributed by atoms with Crippen molar-refractivity contribution in [1.29, 1.82) is 0 Å². The molecule has 0 aliphatic rings. The molecule has 0 bridgehead atoms. The summed E-state index contributed by atoms with van der Waals surface area (Å²) in [5.41, 5.74) is 0.515. The van der Waals surface area contributed by atoms with Crippen LogP contribution in [0, 0.1) is 0 Å². The third kappa shape index (κ3) is 3.94. The monoisotopic (exact) mass is 318 g/mol. The normalized spacial score (nSPS) is 11.9. The second-order valence-corrected chi connectivity index (χ2v) is 4.78. The maximum Gasteiger partial charge on any atom is 0.315 e. The van der Waals surface area contributed by atoms with Gasteiger partial charge in [0, 0.05) is 0 Å². The van der Waals surface area contributed by atoms with E-state index >= 15 is 0 Å². The van der Waals surface area contributed by atoms with Gasteiger partial charge >= 0.3 is 11.9 Å². The summed E-state index contributed by atoms with van der Waals surface area (Å²) >= 11 is 0. The highest BCUT2D eigenvalue weighted by molar-refractivity contribution is 5.84. The summed E-state index contributed by atoms with van der Waals surface area (Å²) in [5, 5.41) is 0. The van der Waals surface area contributed by atoms with Crippen molar-refractivity contribution in [3.05, 3.63) is 40.3 Å². The number of nitrogens with one attached hydrogen (secondary N) is 1. The van der Waals surface area contributed by atoms with Crippen molar-refractivity contribution in [3.63, 3.8) is 0 Å². The lowest BCUT2D eigenvalue weighted by atomic mass is 10.0. The zero-order chi connectivity index (χ0) is 16.8. The molecule has 7 heteroatoms. The topological polar surface area (TPSA) is 98.3 Å². The molecule has 0 saturated heterocycles. The van der Waals surface area contributed by atoms with Gasteiger partial charge in [0.1, 0.15) is 11.6 Å². The minimum atomic E-state index is -1.10. The van der Waals surface area contributed by atoms with E-state index in [1.54, 1.807) is 38.1 Å². The van der Waals surface area contributed by atoms with Gasteiger partial charge in [0.2, 0.25) is 0 Å². The maximum atomic E-state index is 12.2. The van der Waals surface area contributed by atoms with E-state index in [4.69, 9.17) is 9.47 Å². The zero-order valence-corrected chi connectivity index (χ0v) is 13.0. The van der Waals surface area contributed by atoms with Crippen LogP contribution in [0.15, 0.2) is 29.1 Å². The summed E-state index contributed by atoms with van der Waals surface area (Å²) in [4.78, 5) is 43.0. The summed E-state index contributed by atoms with van der Waals surface area (Å²) < 4.78 is 9.83. The number of ether oxygens (including phenoxy) is 2. The minimum Gasteiger partial charge on any atom is -0.466 e. The van der Waals surface area contributed by atoms with E-state index in [9.17, 15) is 14.4 Å². The number of esters is 2. The van der Waals surface area contributed by atoms with E-state index in [-0.39, 0.29) is 25.3 Å². The van der Waals surface area contributed by atoms with Gasteiger partial charge in [-0.05, 0) is 26.0 Å². The molecule has 0 saturated carbocycles. The Morgan fingerprint density at radius 3 is 2.57 bits per heavy atom. The van der Waals surface area contributed by atoms with Gasteiger partial charge in [-0.1, -0.05) is 12.1 Å². The zero-order valence-electron chi connectivity index (χ0n) is 13.0. The number of aromatic amines is 1. The molecule has 2 aromatic rings. The number of nitrogens with zero attached hydrogens (tertiary/aromatic N) is 1. The number of carbonyl (C=O) groups excluding carboxylic acids is 2. The molecule has 0 unspecified atom stereocenters. The van der Waals surface area contributed by atoms with Crippen molar-refractivity contribution in [3.8, 4) is 0 Å². The van der Waals surface area contributed by atoms with Gasteiger partial charge in [0.25, 0.3) is 5.56 Å². The Labute approximate surface area is 132 Å². The van der Waals surface area contributed by atoms with Crippen molar-refractivity contribution in [2.45, 2.75) is 26.2 Å². The number of fused-ring (bicyclic) bond motifs is 1. The Balaban J connectivity index is 2.45. The predicted molar refractivity (Wildman–Crippen MR) is 83.0 cm³/mol. The lowest BCUT2D eigenvalue weighted by Crippen LogP contribution is -2.28. The summed E-state index contributed by atoms with van der Waals surface area (Å²) in [6.07, 6.45) is -0.291. The first-order chi connectivity index (χ1) is 11.1. The highest BCUT2D eigenvalue weighted by atomic mass is 16.5. The Kier molecular flexibility index (Phi) is 5.46. The number of H-pyrrole nitrogens is 1. The largest absolute Gasteiger partial charge is 0.466 e. The quantitative estimate of drug-likeness (QED) is 0.811. The standard InChI is InChI=1S/C16H18N2O5/c1-3-22-13(19)9-10(16(21)23-4-2)14-15(20)18-12-8-6-5-7-11(12)17-14/h5-8,10H,3-4,9H2,1-2H3,(H,18,20)/t10-/m1/s1. The molecule has 122 valence electrons. The molecule has 1 heterocycles. The number of rotatable bonds is 6. The third-order valence-corrected chi connectivity index (χ3v) is 3.20. The van der Waals surface area contributed by atoms with Crippen molar-refractivity contribution < 1.29 is 19.1 Å². The molecule has 23 heavy (non-hydrogen) atoms. The molecule has 0 amide bonds. The second kappa shape index (κ2) is 7.53. The van der Waals surface area contributed by atoms with Crippen LogP contribution < -0.4 is 5.56 Å². The molecule has 0 fully saturated rings. The van der Waals surface area contributed by atoms with Gasteiger partial charge in [-0.3, -0.25) is 14.4 Å². The van der Waals surface area contributed by atoms with Crippen molar-refractivity contribution in [2.75, 3.05) is 13.2 Å². The molecular formula is C16H18N2O5. The number of hydrogen-bond donors (Lipinski definition) is 1. The summed E-state index contributed by atoms with van der Waals surface area (Å²) in [6, 6.07) is 6.95. The smallest absolute Gasteiger partial charge is 0.315 e. The lowest BCUT2D eigenvalue weighted by Gasteiger charge is -2.14. The second-order valence-electron chi connectivity index (χ2n) is 4.78. The average Bonchev–Trinajstić information content (AvgIpc) is 2.52. The molecular weight excluding hydrogens is 300 g/mol.